The summed E-state index contributed by atoms with van der Waals surface area (Å²) in [4.78, 5) is 4.52. The maximum atomic E-state index is 13.1. The van der Waals surface area contributed by atoms with Gasteiger partial charge in [-0.25, -0.2) is 27.2 Å². The predicted octanol–water partition coefficient (Wildman–Crippen LogP) is 2.22. The molecule has 0 fully saturated rings. The third-order valence-corrected chi connectivity index (χ3v) is 4.47. The number of rotatable bonds is 7. The molecule has 3 aromatic rings. The van der Waals surface area contributed by atoms with E-state index >= 15 is 0 Å². The van der Waals surface area contributed by atoms with Crippen molar-refractivity contribution in [1.29, 1.82) is 0 Å². The van der Waals surface area contributed by atoms with Gasteiger partial charge in [-0.15, -0.1) is 0 Å². The minimum absolute atomic E-state index is 0.231. The van der Waals surface area contributed by atoms with Crippen molar-refractivity contribution in [3.8, 4) is 11.4 Å². The van der Waals surface area contributed by atoms with Gasteiger partial charge in [0.25, 0.3) is 0 Å². The third kappa shape index (κ3) is 4.96. The lowest BCUT2D eigenvalue weighted by molar-refractivity contribution is 0.582. The molecular formula is C18H19FN4O2S. The highest BCUT2D eigenvalue weighted by Crippen LogP contribution is 2.17. The van der Waals surface area contributed by atoms with E-state index in [-0.39, 0.29) is 12.4 Å². The maximum Gasteiger partial charge on any atom is 0.208 e. The van der Waals surface area contributed by atoms with Gasteiger partial charge in [0.15, 0.2) is 5.82 Å². The molecule has 0 bridgehead atoms. The van der Waals surface area contributed by atoms with Gasteiger partial charge in [0.2, 0.25) is 10.0 Å². The Kier molecular flexibility index (Phi) is 5.43. The molecule has 0 amide bonds. The topological polar surface area (TPSA) is 76.9 Å². The number of sulfonamides is 1. The Labute approximate surface area is 151 Å². The molecule has 6 nitrogen and oxygen atoms in total. The fraction of sp³-hybridized carbons (Fsp3) is 0.222. The van der Waals surface area contributed by atoms with E-state index in [9.17, 15) is 12.8 Å². The standard InChI is InChI=1S/C18H19FN4O2S/c1-26(24,25)20-12-11-17-21-18(15-7-9-16(19)10-8-15)22-23(17)13-14-5-3-2-4-6-14/h2-10,20H,11-13H2,1H3. The first-order chi connectivity index (χ1) is 12.4. The molecule has 0 saturated carbocycles. The summed E-state index contributed by atoms with van der Waals surface area (Å²) in [6, 6.07) is 15.7. The first-order valence-corrected chi connectivity index (χ1v) is 9.98. The molecule has 0 unspecified atom stereocenters. The molecule has 8 heteroatoms. The van der Waals surface area contributed by atoms with Crippen LogP contribution in [0.5, 0.6) is 0 Å². The van der Waals surface area contributed by atoms with E-state index in [4.69, 9.17) is 0 Å². The Morgan fingerprint density at radius 2 is 1.77 bits per heavy atom. The second-order valence-electron chi connectivity index (χ2n) is 5.92. The van der Waals surface area contributed by atoms with Crippen LogP contribution in [0.3, 0.4) is 0 Å². The molecule has 1 heterocycles. The summed E-state index contributed by atoms with van der Waals surface area (Å²) in [6.45, 7) is 0.748. The molecule has 0 aliphatic carbocycles. The van der Waals surface area contributed by atoms with Crippen LogP contribution in [-0.2, 0) is 23.0 Å². The summed E-state index contributed by atoms with van der Waals surface area (Å²) in [7, 11) is -3.27. The summed E-state index contributed by atoms with van der Waals surface area (Å²) in [5.74, 6) is 0.814. The van der Waals surface area contributed by atoms with Gasteiger partial charge in [-0.05, 0) is 29.8 Å². The first-order valence-electron chi connectivity index (χ1n) is 8.09. The summed E-state index contributed by atoms with van der Waals surface area (Å²) in [5, 5.41) is 4.53. The first kappa shape index (κ1) is 18.2. The van der Waals surface area contributed by atoms with Crippen LogP contribution in [0.15, 0.2) is 54.6 Å². The van der Waals surface area contributed by atoms with Crippen LogP contribution in [0.4, 0.5) is 4.39 Å². The van der Waals surface area contributed by atoms with Crippen molar-refractivity contribution in [3.05, 3.63) is 71.8 Å². The van der Waals surface area contributed by atoms with Crippen LogP contribution in [0, 0.1) is 5.82 Å². The SMILES string of the molecule is CS(=O)(=O)NCCc1nc(-c2ccc(F)cc2)nn1Cc1ccccc1. The minimum atomic E-state index is -3.27. The Balaban J connectivity index is 1.87. The van der Waals surface area contributed by atoms with Crippen LogP contribution >= 0.6 is 0 Å². The maximum absolute atomic E-state index is 13.1. The molecule has 2 aromatic carbocycles. The van der Waals surface area contributed by atoms with E-state index in [1.54, 1.807) is 16.8 Å². The van der Waals surface area contributed by atoms with E-state index in [1.807, 2.05) is 30.3 Å². The van der Waals surface area contributed by atoms with Gasteiger partial charge in [-0.1, -0.05) is 30.3 Å². The number of nitrogens with zero attached hydrogens (tertiary/aromatic N) is 3. The number of halogens is 1. The van der Waals surface area contributed by atoms with E-state index < -0.39 is 10.0 Å². The molecule has 0 atom stereocenters. The van der Waals surface area contributed by atoms with E-state index in [1.165, 1.54) is 12.1 Å². The number of hydrogen-bond donors (Lipinski definition) is 1. The van der Waals surface area contributed by atoms with Crippen molar-refractivity contribution in [3.63, 3.8) is 0 Å². The van der Waals surface area contributed by atoms with Gasteiger partial charge in [-0.2, -0.15) is 5.10 Å². The average molecular weight is 374 g/mol. The third-order valence-electron chi connectivity index (χ3n) is 3.74. The van der Waals surface area contributed by atoms with Gasteiger partial charge in [0, 0.05) is 18.5 Å². The molecule has 0 radical (unpaired) electrons. The van der Waals surface area contributed by atoms with Crippen LogP contribution in [0.1, 0.15) is 11.4 Å². The van der Waals surface area contributed by atoms with Gasteiger partial charge in [0.1, 0.15) is 11.6 Å². The fourth-order valence-electron chi connectivity index (χ4n) is 2.51. The van der Waals surface area contributed by atoms with Gasteiger partial charge in [0.05, 0.1) is 12.8 Å². The second kappa shape index (κ2) is 7.76. The predicted molar refractivity (Wildman–Crippen MR) is 97.5 cm³/mol. The second-order valence-corrected chi connectivity index (χ2v) is 7.75. The molecule has 26 heavy (non-hydrogen) atoms. The molecule has 0 aliphatic heterocycles. The van der Waals surface area contributed by atoms with Gasteiger partial charge < -0.3 is 0 Å². The molecule has 0 spiro atoms. The normalized spacial score (nSPS) is 11.6. The van der Waals surface area contributed by atoms with Crippen LogP contribution < -0.4 is 4.72 Å². The average Bonchev–Trinajstić information content (AvgIpc) is 2.98. The number of benzene rings is 2. The van der Waals surface area contributed by atoms with Crippen molar-refractivity contribution in [1.82, 2.24) is 19.5 Å². The van der Waals surface area contributed by atoms with Crippen molar-refractivity contribution >= 4 is 10.0 Å². The molecule has 3 rings (SSSR count). The quantitative estimate of drug-likeness (QED) is 0.688. The van der Waals surface area contributed by atoms with Crippen LogP contribution in [0.2, 0.25) is 0 Å². The molecule has 0 aliphatic rings. The lowest BCUT2D eigenvalue weighted by Gasteiger charge is -2.06. The van der Waals surface area contributed by atoms with E-state index in [2.05, 4.69) is 14.8 Å². The highest BCUT2D eigenvalue weighted by Gasteiger charge is 2.13. The summed E-state index contributed by atoms with van der Waals surface area (Å²) >= 11 is 0. The van der Waals surface area contributed by atoms with Crippen LogP contribution in [0.25, 0.3) is 11.4 Å². The Morgan fingerprint density at radius 3 is 2.42 bits per heavy atom. The molecule has 1 aromatic heterocycles. The fourth-order valence-corrected chi connectivity index (χ4v) is 2.98. The largest absolute Gasteiger partial charge is 0.245 e. The Bertz CT molecular complexity index is 970. The molecule has 0 saturated heterocycles. The zero-order chi connectivity index (χ0) is 18.6. The van der Waals surface area contributed by atoms with E-state index in [0.717, 1.165) is 11.8 Å². The molecular weight excluding hydrogens is 355 g/mol. The molecule has 136 valence electrons. The highest BCUT2D eigenvalue weighted by atomic mass is 32.2. The van der Waals surface area contributed by atoms with Crippen molar-refractivity contribution in [2.75, 3.05) is 12.8 Å². The van der Waals surface area contributed by atoms with Gasteiger partial charge >= 0.3 is 0 Å². The van der Waals surface area contributed by atoms with Crippen molar-refractivity contribution in [2.45, 2.75) is 13.0 Å². The number of aromatic nitrogens is 3. The zero-order valence-electron chi connectivity index (χ0n) is 14.3. The lowest BCUT2D eigenvalue weighted by atomic mass is 10.2. The smallest absolute Gasteiger partial charge is 0.208 e. The number of nitrogens with one attached hydrogen (secondary N) is 1. The monoisotopic (exact) mass is 374 g/mol. The van der Waals surface area contributed by atoms with Crippen molar-refractivity contribution < 1.29 is 12.8 Å². The summed E-state index contributed by atoms with van der Waals surface area (Å²) < 4.78 is 39.9. The lowest BCUT2D eigenvalue weighted by Crippen LogP contribution is -2.25. The van der Waals surface area contributed by atoms with E-state index in [0.29, 0.717) is 30.2 Å². The Hall–Kier alpha value is -2.58. The van der Waals surface area contributed by atoms with Gasteiger partial charge in [-0.3, -0.25) is 0 Å². The minimum Gasteiger partial charge on any atom is -0.245 e. The highest BCUT2D eigenvalue weighted by molar-refractivity contribution is 7.88. The number of hydrogen-bond acceptors (Lipinski definition) is 4. The zero-order valence-corrected chi connectivity index (χ0v) is 15.1. The Morgan fingerprint density at radius 1 is 1.08 bits per heavy atom. The summed E-state index contributed by atoms with van der Waals surface area (Å²) in [5.41, 5.74) is 1.76. The molecule has 1 N–H and O–H groups in total. The summed E-state index contributed by atoms with van der Waals surface area (Å²) in [6.07, 6.45) is 1.51. The van der Waals surface area contributed by atoms with Crippen molar-refractivity contribution in [2.24, 2.45) is 0 Å². The van der Waals surface area contributed by atoms with Crippen LogP contribution in [-0.4, -0.2) is 36.0 Å².